The quantitative estimate of drug-likeness (QED) is 0.322. The van der Waals surface area contributed by atoms with Gasteiger partial charge in [0.1, 0.15) is 5.76 Å². The van der Waals surface area contributed by atoms with Gasteiger partial charge >= 0.3 is 0 Å². The SMILES string of the molecule is Cc1c(C(=O)Nc2ccc(Br)cc2)oc2c1/C(=N/NC(=S)Nc1ccccc1)CCC2. The van der Waals surface area contributed by atoms with Crippen LogP contribution in [0.25, 0.3) is 0 Å². The number of carbonyl (C=O) groups is 1. The number of benzene rings is 2. The van der Waals surface area contributed by atoms with E-state index in [4.69, 9.17) is 16.6 Å². The number of aryl methyl sites for hydroxylation is 1. The van der Waals surface area contributed by atoms with Crippen molar-refractivity contribution in [3.8, 4) is 0 Å². The predicted molar refractivity (Wildman–Crippen MR) is 131 cm³/mol. The summed E-state index contributed by atoms with van der Waals surface area (Å²) < 4.78 is 6.90. The molecule has 3 N–H and O–H groups in total. The van der Waals surface area contributed by atoms with Crippen LogP contribution >= 0.6 is 28.1 Å². The maximum Gasteiger partial charge on any atom is 0.291 e. The summed E-state index contributed by atoms with van der Waals surface area (Å²) in [5, 5.41) is 10.9. The van der Waals surface area contributed by atoms with Crippen LogP contribution in [0.5, 0.6) is 0 Å². The van der Waals surface area contributed by atoms with Gasteiger partial charge in [-0.15, -0.1) is 0 Å². The highest BCUT2D eigenvalue weighted by atomic mass is 79.9. The van der Waals surface area contributed by atoms with Gasteiger partial charge in [-0.05, 0) is 68.4 Å². The van der Waals surface area contributed by atoms with Crippen LogP contribution in [0.1, 0.15) is 40.3 Å². The van der Waals surface area contributed by atoms with Gasteiger partial charge in [-0.1, -0.05) is 34.1 Å². The number of rotatable bonds is 4. The van der Waals surface area contributed by atoms with Gasteiger partial charge in [0, 0.05) is 33.4 Å². The highest BCUT2D eigenvalue weighted by Crippen LogP contribution is 2.30. The molecule has 0 unspecified atom stereocenters. The summed E-state index contributed by atoms with van der Waals surface area (Å²) in [5.41, 5.74) is 7.01. The molecule has 0 aliphatic heterocycles. The number of fused-ring (bicyclic) bond motifs is 1. The first kappa shape index (κ1) is 21.3. The van der Waals surface area contributed by atoms with Crippen molar-refractivity contribution in [2.24, 2.45) is 5.10 Å². The van der Waals surface area contributed by atoms with Crippen LogP contribution in [-0.2, 0) is 6.42 Å². The molecule has 2 aromatic carbocycles. The van der Waals surface area contributed by atoms with Gasteiger partial charge < -0.3 is 15.1 Å². The van der Waals surface area contributed by atoms with E-state index in [2.05, 4.69) is 37.1 Å². The zero-order valence-corrected chi connectivity index (χ0v) is 19.3. The zero-order valence-electron chi connectivity index (χ0n) is 16.9. The molecule has 31 heavy (non-hydrogen) atoms. The van der Waals surface area contributed by atoms with E-state index >= 15 is 0 Å². The number of halogens is 1. The minimum atomic E-state index is -0.275. The third kappa shape index (κ3) is 5.03. The van der Waals surface area contributed by atoms with Gasteiger partial charge in [0.05, 0.1) is 5.71 Å². The summed E-state index contributed by atoms with van der Waals surface area (Å²) in [6, 6.07) is 17.1. The molecule has 8 heteroatoms. The first-order valence-electron chi connectivity index (χ1n) is 9.89. The van der Waals surface area contributed by atoms with Crippen molar-refractivity contribution in [1.82, 2.24) is 5.43 Å². The minimum absolute atomic E-state index is 0.275. The van der Waals surface area contributed by atoms with Crippen LogP contribution in [0, 0.1) is 6.92 Å². The molecule has 0 bridgehead atoms. The smallest absolute Gasteiger partial charge is 0.291 e. The topological polar surface area (TPSA) is 78.7 Å². The first-order chi connectivity index (χ1) is 15.0. The predicted octanol–water partition coefficient (Wildman–Crippen LogP) is 5.63. The second-order valence-electron chi connectivity index (χ2n) is 7.16. The molecule has 0 radical (unpaired) electrons. The number of hydrogen-bond acceptors (Lipinski definition) is 4. The van der Waals surface area contributed by atoms with E-state index in [1.54, 1.807) is 0 Å². The number of nitrogens with one attached hydrogen (secondary N) is 3. The molecular weight excluding hydrogens is 476 g/mol. The fourth-order valence-corrected chi connectivity index (χ4v) is 3.94. The highest BCUT2D eigenvalue weighted by molar-refractivity contribution is 9.10. The Labute approximate surface area is 194 Å². The fourth-order valence-electron chi connectivity index (χ4n) is 3.52. The second-order valence-corrected chi connectivity index (χ2v) is 8.48. The summed E-state index contributed by atoms with van der Waals surface area (Å²) in [6.45, 7) is 1.89. The van der Waals surface area contributed by atoms with Gasteiger partial charge in [-0.2, -0.15) is 5.10 Å². The summed E-state index contributed by atoms with van der Waals surface area (Å²) in [4.78, 5) is 12.8. The van der Waals surface area contributed by atoms with Gasteiger partial charge in [0.15, 0.2) is 10.9 Å². The molecule has 0 saturated carbocycles. The number of furan rings is 1. The number of amides is 1. The van der Waals surface area contributed by atoms with Crippen LogP contribution in [0.4, 0.5) is 11.4 Å². The van der Waals surface area contributed by atoms with Crippen molar-refractivity contribution in [3.63, 3.8) is 0 Å². The van der Waals surface area contributed by atoms with Crippen molar-refractivity contribution in [2.45, 2.75) is 26.2 Å². The molecule has 0 fully saturated rings. The van der Waals surface area contributed by atoms with E-state index in [0.29, 0.717) is 16.6 Å². The zero-order chi connectivity index (χ0) is 21.8. The van der Waals surface area contributed by atoms with Crippen molar-refractivity contribution in [1.29, 1.82) is 0 Å². The van der Waals surface area contributed by atoms with Crippen LogP contribution in [0.15, 0.2) is 68.6 Å². The van der Waals surface area contributed by atoms with Crippen molar-refractivity contribution in [2.75, 3.05) is 10.6 Å². The summed E-state index contributed by atoms with van der Waals surface area (Å²) in [5.74, 6) is 0.822. The van der Waals surface area contributed by atoms with Crippen molar-refractivity contribution in [3.05, 3.63) is 81.7 Å². The lowest BCUT2D eigenvalue weighted by Crippen LogP contribution is -2.26. The Bertz CT molecular complexity index is 1140. The third-order valence-corrected chi connectivity index (χ3v) is 5.68. The summed E-state index contributed by atoms with van der Waals surface area (Å²) in [7, 11) is 0. The molecule has 3 aromatic rings. The van der Waals surface area contributed by atoms with Crippen LogP contribution in [0.3, 0.4) is 0 Å². The Balaban J connectivity index is 1.51. The van der Waals surface area contributed by atoms with E-state index in [1.165, 1.54) is 0 Å². The summed E-state index contributed by atoms with van der Waals surface area (Å²) >= 11 is 8.74. The lowest BCUT2D eigenvalue weighted by atomic mass is 9.93. The van der Waals surface area contributed by atoms with E-state index < -0.39 is 0 Å². The molecular formula is C23H21BrN4O2S. The molecule has 0 saturated heterocycles. The van der Waals surface area contributed by atoms with E-state index in [9.17, 15) is 4.79 Å². The molecule has 158 valence electrons. The van der Waals surface area contributed by atoms with Gasteiger partial charge in [-0.25, -0.2) is 0 Å². The number of thiocarbonyl (C=S) groups is 1. The minimum Gasteiger partial charge on any atom is -0.455 e. The number of nitrogens with zero attached hydrogens (tertiary/aromatic N) is 1. The van der Waals surface area contributed by atoms with Crippen LogP contribution in [-0.4, -0.2) is 16.7 Å². The molecule has 1 aliphatic rings. The van der Waals surface area contributed by atoms with Gasteiger partial charge in [-0.3, -0.25) is 10.2 Å². The van der Waals surface area contributed by atoms with E-state index in [-0.39, 0.29) is 5.91 Å². The Hall–Kier alpha value is -2.97. The van der Waals surface area contributed by atoms with Crippen molar-refractivity contribution < 1.29 is 9.21 Å². The molecule has 0 spiro atoms. The normalized spacial score (nSPS) is 14.1. The van der Waals surface area contributed by atoms with E-state index in [0.717, 1.165) is 52.0 Å². The standard InChI is InChI=1S/C23H21BrN4O2S/c1-14-20-18(27-28-23(31)26-16-6-3-2-4-7-16)8-5-9-19(20)30-21(14)22(29)25-17-12-10-15(24)11-13-17/h2-4,6-7,10-13H,5,8-9H2,1H3,(H,25,29)(H2,26,28,31)/b27-18+. The fraction of sp³-hybridized carbons (Fsp3) is 0.174. The Kier molecular flexibility index (Phi) is 6.48. The third-order valence-electron chi connectivity index (χ3n) is 4.96. The maximum atomic E-state index is 12.8. The number of hydrazone groups is 1. The summed E-state index contributed by atoms with van der Waals surface area (Å²) in [6.07, 6.45) is 2.45. The monoisotopic (exact) mass is 496 g/mol. The number of anilines is 2. The Morgan fingerprint density at radius 3 is 2.48 bits per heavy atom. The average molecular weight is 497 g/mol. The molecule has 4 rings (SSSR count). The number of para-hydroxylation sites is 1. The van der Waals surface area contributed by atoms with E-state index in [1.807, 2.05) is 61.5 Å². The maximum absolute atomic E-state index is 12.8. The lowest BCUT2D eigenvalue weighted by molar-refractivity contribution is 0.0994. The van der Waals surface area contributed by atoms with Crippen LogP contribution in [0.2, 0.25) is 0 Å². The Morgan fingerprint density at radius 1 is 1.03 bits per heavy atom. The van der Waals surface area contributed by atoms with Gasteiger partial charge in [0.25, 0.3) is 5.91 Å². The molecule has 1 heterocycles. The average Bonchev–Trinajstić information content (AvgIpc) is 3.12. The molecule has 0 atom stereocenters. The van der Waals surface area contributed by atoms with Crippen molar-refractivity contribution >= 4 is 56.3 Å². The first-order valence-corrected chi connectivity index (χ1v) is 11.1. The van der Waals surface area contributed by atoms with Gasteiger partial charge in [0.2, 0.25) is 0 Å². The van der Waals surface area contributed by atoms with Crippen LogP contribution < -0.4 is 16.1 Å². The highest BCUT2D eigenvalue weighted by Gasteiger charge is 2.28. The number of carbonyl (C=O) groups excluding carboxylic acids is 1. The largest absolute Gasteiger partial charge is 0.455 e. The molecule has 6 nitrogen and oxygen atoms in total. The Morgan fingerprint density at radius 2 is 1.74 bits per heavy atom. The lowest BCUT2D eigenvalue weighted by Gasteiger charge is -2.14. The second kappa shape index (κ2) is 9.45. The number of hydrogen-bond donors (Lipinski definition) is 3. The molecule has 1 amide bonds. The molecule has 1 aliphatic carbocycles. The molecule has 1 aromatic heterocycles.